The van der Waals surface area contributed by atoms with Crippen LogP contribution in [0.25, 0.3) is 0 Å². The zero-order valence-corrected chi connectivity index (χ0v) is 8.32. The molecule has 1 rings (SSSR count). The molecule has 0 aromatic rings. The largest absolute Gasteiger partial charge is 0.206 e. The van der Waals surface area contributed by atoms with Crippen LogP contribution in [0.2, 0.25) is 0 Å². The van der Waals surface area contributed by atoms with Gasteiger partial charge in [0.2, 0.25) is 0 Å². The van der Waals surface area contributed by atoms with E-state index >= 15 is 0 Å². The molecule has 50 valence electrons. The molecule has 0 amide bonds. The highest BCUT2D eigenvalue weighted by atomic mass is 127. The minimum atomic E-state index is -0.0914. The first kappa shape index (κ1) is 7.72. The summed E-state index contributed by atoms with van der Waals surface area (Å²) in [5.41, 5.74) is 0. The average Bonchev–Trinajstić information content (AvgIpc) is 1.80. The van der Waals surface area contributed by atoms with Crippen molar-refractivity contribution in [2.45, 2.75) is 11.2 Å². The molecule has 0 radical (unpaired) electrons. The zero-order valence-electron chi connectivity index (χ0n) is 4.57. The molecular formula is C6H5BrFI. The Morgan fingerprint density at radius 2 is 2.44 bits per heavy atom. The molecule has 0 nitrogen and oxygen atoms in total. The smallest absolute Gasteiger partial charge is 0.132 e. The lowest BCUT2D eigenvalue weighted by Crippen LogP contribution is -1.97. The lowest BCUT2D eigenvalue weighted by molar-refractivity contribution is 0.652. The quantitative estimate of drug-likeness (QED) is 0.476. The third-order valence-electron chi connectivity index (χ3n) is 1.08. The van der Waals surface area contributed by atoms with E-state index in [9.17, 15) is 4.39 Å². The third kappa shape index (κ3) is 2.04. The highest BCUT2D eigenvalue weighted by Crippen LogP contribution is 2.28. The first-order valence-corrected chi connectivity index (χ1v) is 4.56. The fourth-order valence-corrected chi connectivity index (χ4v) is 2.35. The Hall–Kier alpha value is 0.620. The van der Waals surface area contributed by atoms with Crippen molar-refractivity contribution < 1.29 is 4.39 Å². The van der Waals surface area contributed by atoms with Crippen LogP contribution < -0.4 is 0 Å². The van der Waals surface area contributed by atoms with Gasteiger partial charge >= 0.3 is 0 Å². The van der Waals surface area contributed by atoms with E-state index in [1.54, 1.807) is 0 Å². The summed E-state index contributed by atoms with van der Waals surface area (Å²) in [5, 5.41) is 0. The van der Waals surface area contributed by atoms with E-state index in [-0.39, 0.29) is 5.83 Å². The Morgan fingerprint density at radius 1 is 1.78 bits per heavy atom. The molecule has 0 bridgehead atoms. The normalized spacial score (nSPS) is 27.2. The van der Waals surface area contributed by atoms with E-state index in [2.05, 4.69) is 15.9 Å². The highest BCUT2D eigenvalue weighted by Gasteiger charge is 2.10. The van der Waals surface area contributed by atoms with E-state index in [4.69, 9.17) is 0 Å². The summed E-state index contributed by atoms with van der Waals surface area (Å²) in [5.74, 6) is -0.0914. The summed E-state index contributed by atoms with van der Waals surface area (Å²) in [6, 6.07) is 0. The Morgan fingerprint density at radius 3 is 2.89 bits per heavy atom. The molecule has 0 N–H and O–H groups in total. The summed E-state index contributed by atoms with van der Waals surface area (Å²) in [6.45, 7) is 0. The van der Waals surface area contributed by atoms with Gasteiger partial charge in [0.1, 0.15) is 5.83 Å². The van der Waals surface area contributed by atoms with Crippen molar-refractivity contribution in [1.82, 2.24) is 0 Å². The molecule has 0 aliphatic heterocycles. The average molecular weight is 303 g/mol. The van der Waals surface area contributed by atoms with Crippen molar-refractivity contribution in [2.24, 2.45) is 0 Å². The van der Waals surface area contributed by atoms with Crippen LogP contribution in [-0.4, -0.2) is 4.83 Å². The van der Waals surface area contributed by atoms with E-state index < -0.39 is 0 Å². The molecule has 0 saturated carbocycles. The summed E-state index contributed by atoms with van der Waals surface area (Å²) >= 11 is 5.39. The zero-order chi connectivity index (χ0) is 6.85. The maximum Gasteiger partial charge on any atom is 0.132 e. The van der Waals surface area contributed by atoms with Crippen LogP contribution in [0.1, 0.15) is 6.42 Å². The Labute approximate surface area is 75.5 Å². The van der Waals surface area contributed by atoms with Gasteiger partial charge in [-0.2, -0.15) is 0 Å². The molecule has 0 aromatic carbocycles. The third-order valence-corrected chi connectivity index (χ3v) is 2.67. The highest BCUT2D eigenvalue weighted by molar-refractivity contribution is 14.1. The molecule has 0 aromatic heterocycles. The van der Waals surface area contributed by atoms with Gasteiger partial charge in [-0.05, 0) is 35.1 Å². The van der Waals surface area contributed by atoms with Gasteiger partial charge in [-0.15, -0.1) is 0 Å². The van der Waals surface area contributed by atoms with Crippen molar-refractivity contribution in [1.29, 1.82) is 0 Å². The van der Waals surface area contributed by atoms with Gasteiger partial charge < -0.3 is 0 Å². The Balaban J connectivity index is 2.75. The van der Waals surface area contributed by atoms with Gasteiger partial charge in [0, 0.05) is 8.41 Å². The number of rotatable bonds is 0. The predicted molar refractivity (Wildman–Crippen MR) is 48.6 cm³/mol. The predicted octanol–water partition coefficient (Wildman–Crippen LogP) is 3.33. The van der Waals surface area contributed by atoms with Gasteiger partial charge in [0.15, 0.2) is 0 Å². The Kier molecular flexibility index (Phi) is 2.70. The van der Waals surface area contributed by atoms with Gasteiger partial charge in [-0.1, -0.05) is 22.0 Å². The topological polar surface area (TPSA) is 0 Å². The lowest BCUT2D eigenvalue weighted by Gasteiger charge is -2.08. The Bertz CT molecular complexity index is 174. The van der Waals surface area contributed by atoms with Gasteiger partial charge in [0.25, 0.3) is 0 Å². The fourth-order valence-electron chi connectivity index (χ4n) is 0.616. The second kappa shape index (κ2) is 3.14. The van der Waals surface area contributed by atoms with Gasteiger partial charge in [-0.25, -0.2) is 4.39 Å². The molecule has 0 saturated heterocycles. The van der Waals surface area contributed by atoms with Crippen LogP contribution in [-0.2, 0) is 0 Å². The van der Waals surface area contributed by atoms with Crippen LogP contribution in [0.5, 0.6) is 0 Å². The first-order valence-electron chi connectivity index (χ1n) is 2.56. The maximum atomic E-state index is 12.5. The van der Waals surface area contributed by atoms with Crippen molar-refractivity contribution in [3.63, 3.8) is 0 Å². The second-order valence-corrected chi connectivity index (χ2v) is 4.31. The van der Waals surface area contributed by atoms with Crippen molar-refractivity contribution in [2.75, 3.05) is 0 Å². The van der Waals surface area contributed by atoms with Crippen molar-refractivity contribution >= 4 is 38.5 Å². The number of alkyl halides is 1. The van der Waals surface area contributed by atoms with E-state index in [1.165, 1.54) is 6.08 Å². The molecule has 9 heavy (non-hydrogen) atoms. The molecule has 1 aliphatic rings. The molecular weight excluding hydrogens is 298 g/mol. The van der Waals surface area contributed by atoms with Crippen LogP contribution in [0.3, 0.4) is 0 Å². The van der Waals surface area contributed by atoms with Crippen LogP contribution in [0, 0.1) is 0 Å². The minimum absolute atomic E-state index is 0.0914. The molecule has 1 atom stereocenters. The summed E-state index contributed by atoms with van der Waals surface area (Å²) in [6.07, 6.45) is 4.10. The fraction of sp³-hybridized carbons (Fsp3) is 0.333. The maximum absolute atomic E-state index is 12.5. The molecule has 3 heteroatoms. The van der Waals surface area contributed by atoms with Crippen molar-refractivity contribution in [3.05, 3.63) is 21.6 Å². The van der Waals surface area contributed by atoms with Crippen LogP contribution in [0.4, 0.5) is 4.39 Å². The lowest BCUT2D eigenvalue weighted by atomic mass is 10.2. The van der Waals surface area contributed by atoms with Gasteiger partial charge in [-0.3, -0.25) is 0 Å². The SMILES string of the molecule is FC1=C(I)CC(Br)C=C1. The molecule has 0 spiro atoms. The van der Waals surface area contributed by atoms with Crippen LogP contribution in [0.15, 0.2) is 21.6 Å². The summed E-state index contributed by atoms with van der Waals surface area (Å²) < 4.78 is 13.3. The molecule has 0 fully saturated rings. The standard InChI is InChI=1S/C6H5BrFI/c7-4-1-2-5(8)6(9)3-4/h1-2,4H,3H2. The van der Waals surface area contributed by atoms with E-state index in [1.807, 2.05) is 28.7 Å². The second-order valence-electron chi connectivity index (χ2n) is 1.83. The number of hydrogen-bond acceptors (Lipinski definition) is 0. The van der Waals surface area contributed by atoms with E-state index in [0.717, 1.165) is 10.0 Å². The molecule has 1 aliphatic carbocycles. The number of hydrogen-bond donors (Lipinski definition) is 0. The van der Waals surface area contributed by atoms with Crippen LogP contribution >= 0.6 is 38.5 Å². The summed E-state index contributed by atoms with van der Waals surface area (Å²) in [7, 11) is 0. The first-order chi connectivity index (χ1) is 4.20. The molecule has 0 heterocycles. The number of halogens is 3. The minimum Gasteiger partial charge on any atom is -0.206 e. The van der Waals surface area contributed by atoms with Gasteiger partial charge in [0.05, 0.1) is 0 Å². The van der Waals surface area contributed by atoms with E-state index in [0.29, 0.717) is 4.83 Å². The monoisotopic (exact) mass is 302 g/mol. The molecule has 1 unspecified atom stereocenters. The van der Waals surface area contributed by atoms with Crippen molar-refractivity contribution in [3.8, 4) is 0 Å². The number of allylic oxidation sites excluding steroid dienone is 4. The summed E-state index contributed by atoms with van der Waals surface area (Å²) in [4.78, 5) is 0.323.